The molecule has 0 saturated carbocycles. The SMILES string of the molecule is Cc1ccc(N(c2ccc(C(C)(C)C)cc2)c2ccc3cc4c(cc3c2)C2(c3ccccc3-c3ccccc32)c2c(N(c3ccc(C(C)(C)C)cc3)c3ccc(C)c(-c5ccccc5)c3)cc3oc5ccccc5c3c2-4)cc1-c1ccccc1. The zero-order chi connectivity index (χ0) is 57.2. The molecule has 0 fully saturated rings. The Morgan fingerprint density at radius 3 is 1.39 bits per heavy atom. The van der Waals surface area contributed by atoms with Crippen LogP contribution in [0.4, 0.5) is 34.1 Å². The highest BCUT2D eigenvalue weighted by molar-refractivity contribution is 6.19. The molecule has 15 rings (SSSR count). The van der Waals surface area contributed by atoms with Crippen molar-refractivity contribution in [2.45, 2.75) is 71.6 Å². The van der Waals surface area contributed by atoms with E-state index in [2.05, 4.69) is 320 Å². The summed E-state index contributed by atoms with van der Waals surface area (Å²) >= 11 is 0. The average Bonchev–Trinajstić information content (AvgIpc) is 1.51. The molecule has 0 unspecified atom stereocenters. The molecule has 0 radical (unpaired) electrons. The van der Waals surface area contributed by atoms with Crippen LogP contribution in [-0.2, 0) is 16.2 Å². The van der Waals surface area contributed by atoms with Crippen LogP contribution in [0.15, 0.2) is 259 Å². The van der Waals surface area contributed by atoms with Crippen LogP contribution in [0, 0.1) is 13.8 Å². The van der Waals surface area contributed by atoms with E-state index in [0.29, 0.717) is 0 Å². The van der Waals surface area contributed by atoms with Crippen LogP contribution < -0.4 is 9.80 Å². The highest BCUT2D eigenvalue weighted by atomic mass is 16.3. The Kier molecular flexibility index (Phi) is 11.7. The van der Waals surface area contributed by atoms with Gasteiger partial charge < -0.3 is 14.2 Å². The van der Waals surface area contributed by atoms with E-state index in [-0.39, 0.29) is 10.8 Å². The lowest BCUT2D eigenvalue weighted by molar-refractivity contribution is 0.590. The maximum absolute atomic E-state index is 7.17. The predicted molar refractivity (Wildman–Crippen MR) is 355 cm³/mol. The average molecular weight is 1080 g/mol. The molecule has 1 spiro atoms. The lowest BCUT2D eigenvalue weighted by atomic mass is 9.69. The van der Waals surface area contributed by atoms with Crippen molar-refractivity contribution in [1.29, 1.82) is 0 Å². The van der Waals surface area contributed by atoms with Crippen LogP contribution in [0.25, 0.3) is 77.2 Å². The van der Waals surface area contributed by atoms with Crippen LogP contribution in [-0.4, -0.2) is 0 Å². The second kappa shape index (κ2) is 19.2. The highest BCUT2D eigenvalue weighted by Crippen LogP contribution is 2.68. The summed E-state index contributed by atoms with van der Waals surface area (Å²) in [6.07, 6.45) is 0. The molecule has 0 saturated heterocycles. The van der Waals surface area contributed by atoms with Gasteiger partial charge in [0, 0.05) is 56.4 Å². The van der Waals surface area contributed by atoms with Crippen LogP contribution in [0.2, 0.25) is 0 Å². The van der Waals surface area contributed by atoms with Crippen molar-refractivity contribution >= 4 is 66.8 Å². The summed E-state index contributed by atoms with van der Waals surface area (Å²) in [6.45, 7) is 18.2. The highest BCUT2D eigenvalue weighted by Gasteiger charge is 2.54. The van der Waals surface area contributed by atoms with Crippen LogP contribution in [0.3, 0.4) is 0 Å². The van der Waals surface area contributed by atoms with Gasteiger partial charge in [0.05, 0.1) is 11.1 Å². The molecule has 13 aromatic rings. The van der Waals surface area contributed by atoms with E-state index in [0.717, 1.165) is 56.1 Å². The molecule has 0 amide bonds. The zero-order valence-electron chi connectivity index (χ0n) is 49.1. The normalized spacial score (nSPS) is 13.1. The summed E-state index contributed by atoms with van der Waals surface area (Å²) in [7, 11) is 0. The van der Waals surface area contributed by atoms with Crippen LogP contribution in [0.1, 0.15) is 86.1 Å². The molecule has 12 aromatic carbocycles. The first-order valence-electron chi connectivity index (χ1n) is 29.6. The molecule has 0 aliphatic heterocycles. The molecule has 84 heavy (non-hydrogen) atoms. The second-order valence-electron chi connectivity index (χ2n) is 25.4. The Morgan fingerprint density at radius 2 is 0.821 bits per heavy atom. The van der Waals surface area contributed by atoms with Crippen molar-refractivity contribution in [3.63, 3.8) is 0 Å². The first-order valence-corrected chi connectivity index (χ1v) is 29.6. The summed E-state index contributed by atoms with van der Waals surface area (Å²) in [5, 5.41) is 4.58. The number of anilines is 6. The standard InChI is InChI=1S/C81H66N2O/c1-51-31-38-62(48-67(51)53-21-11-9-12-22-53)82(59-41-34-57(35-42-59)79(3,4)5)61-40-33-55-46-69-72(47-56(55)45-61)81(70-28-18-15-25-64(70)65-26-16-19-29-71(65)81)78-73(50-75-76(77(69)78)66-27-17-20-30-74(66)84-75)83(60-43-36-58(37-44-60)80(6,7)8)63-39-32-52(2)68(49-63)54-23-13-10-14-24-54/h9-50H,1-8H3. The van der Waals surface area contributed by atoms with Gasteiger partial charge in [-0.1, -0.05) is 211 Å². The first kappa shape index (κ1) is 51.2. The van der Waals surface area contributed by atoms with Gasteiger partial charge in [-0.25, -0.2) is 0 Å². The number of furan rings is 1. The lowest BCUT2D eigenvalue weighted by Crippen LogP contribution is -2.28. The first-order chi connectivity index (χ1) is 40.7. The van der Waals surface area contributed by atoms with Gasteiger partial charge in [0.15, 0.2) is 0 Å². The topological polar surface area (TPSA) is 19.6 Å². The Labute approximate surface area is 493 Å². The van der Waals surface area contributed by atoms with Gasteiger partial charge in [-0.15, -0.1) is 0 Å². The van der Waals surface area contributed by atoms with E-state index < -0.39 is 5.41 Å². The summed E-state index contributed by atoms with van der Waals surface area (Å²) in [4.78, 5) is 4.98. The van der Waals surface area contributed by atoms with Crippen molar-refractivity contribution < 1.29 is 4.42 Å². The Morgan fingerprint density at radius 1 is 0.345 bits per heavy atom. The third-order valence-electron chi connectivity index (χ3n) is 18.2. The second-order valence-corrected chi connectivity index (χ2v) is 25.4. The summed E-state index contributed by atoms with van der Waals surface area (Å²) < 4.78 is 7.17. The summed E-state index contributed by atoms with van der Waals surface area (Å²) in [5.41, 5.74) is 27.3. The van der Waals surface area contributed by atoms with Gasteiger partial charge in [0.2, 0.25) is 0 Å². The van der Waals surface area contributed by atoms with Gasteiger partial charge in [-0.3, -0.25) is 0 Å². The Balaban J connectivity index is 1.04. The molecule has 0 N–H and O–H groups in total. The van der Waals surface area contributed by atoms with Crippen molar-refractivity contribution in [3.8, 4) is 44.5 Å². The number of aryl methyl sites for hydroxylation is 2. The minimum atomic E-state index is -0.759. The van der Waals surface area contributed by atoms with Gasteiger partial charge >= 0.3 is 0 Å². The minimum Gasteiger partial charge on any atom is -0.456 e. The molecular weight excluding hydrogens is 1020 g/mol. The fourth-order valence-electron chi connectivity index (χ4n) is 14.0. The number of nitrogens with zero attached hydrogens (tertiary/aromatic N) is 2. The predicted octanol–water partition coefficient (Wildman–Crippen LogP) is 22.6. The van der Waals surface area contributed by atoms with Crippen LogP contribution >= 0.6 is 0 Å². The van der Waals surface area contributed by atoms with E-state index in [4.69, 9.17) is 4.42 Å². The Hall–Kier alpha value is -9.70. The third kappa shape index (κ3) is 8.00. The smallest absolute Gasteiger partial charge is 0.138 e. The molecule has 0 atom stereocenters. The number of fused-ring (bicyclic) bond motifs is 15. The number of hydrogen-bond donors (Lipinski definition) is 0. The molecule has 1 aromatic heterocycles. The van der Waals surface area contributed by atoms with E-state index in [1.54, 1.807) is 0 Å². The van der Waals surface area contributed by atoms with E-state index in [9.17, 15) is 0 Å². The van der Waals surface area contributed by atoms with E-state index >= 15 is 0 Å². The monoisotopic (exact) mass is 1080 g/mol. The van der Waals surface area contributed by atoms with Crippen molar-refractivity contribution in [2.24, 2.45) is 0 Å². The lowest BCUT2D eigenvalue weighted by Gasteiger charge is -2.36. The zero-order valence-corrected chi connectivity index (χ0v) is 49.1. The van der Waals surface area contributed by atoms with Crippen LogP contribution in [0.5, 0.6) is 0 Å². The fraction of sp³-hybridized carbons (Fsp3) is 0.136. The van der Waals surface area contributed by atoms with Crippen molar-refractivity contribution in [1.82, 2.24) is 0 Å². The number of benzene rings is 12. The van der Waals surface area contributed by atoms with Gasteiger partial charge in [0.25, 0.3) is 0 Å². The molecule has 0 bridgehead atoms. The van der Waals surface area contributed by atoms with E-state index in [1.165, 1.54) is 99.8 Å². The molecule has 1 heterocycles. The van der Waals surface area contributed by atoms with Crippen molar-refractivity contribution in [2.75, 3.05) is 9.80 Å². The molecule has 2 aliphatic rings. The number of hydrogen-bond acceptors (Lipinski definition) is 3. The fourth-order valence-corrected chi connectivity index (χ4v) is 14.0. The Bertz CT molecular complexity index is 4700. The van der Waals surface area contributed by atoms with Crippen molar-refractivity contribution in [3.05, 3.63) is 299 Å². The summed E-state index contributed by atoms with van der Waals surface area (Å²) in [6, 6.07) is 95.7. The molecular formula is C81H66N2O. The van der Waals surface area contributed by atoms with E-state index in [1.807, 2.05) is 0 Å². The maximum atomic E-state index is 7.17. The summed E-state index contributed by atoms with van der Waals surface area (Å²) in [5.74, 6) is 0. The van der Waals surface area contributed by atoms with Gasteiger partial charge in [0.1, 0.15) is 11.2 Å². The molecule has 3 heteroatoms. The number of rotatable bonds is 8. The quantitative estimate of drug-likeness (QED) is 0.151. The maximum Gasteiger partial charge on any atom is 0.138 e. The molecule has 2 aliphatic carbocycles. The molecule has 406 valence electrons. The van der Waals surface area contributed by atoms with Gasteiger partial charge in [-0.2, -0.15) is 0 Å². The van der Waals surface area contributed by atoms with Gasteiger partial charge in [-0.05, 0) is 192 Å². The minimum absolute atomic E-state index is 0.00930. The largest absolute Gasteiger partial charge is 0.456 e. The molecule has 3 nitrogen and oxygen atoms in total. The third-order valence-corrected chi connectivity index (χ3v) is 18.2. The number of para-hydroxylation sites is 1.